The average molecular weight is 114 g/mol. The standard InChI is InChI=1S/C6H12NO/c1-5-2-6(7)4-8-3-5/h5-6H,1-4,7H2. The molecule has 2 unspecified atom stereocenters. The second-order valence-corrected chi connectivity index (χ2v) is 2.40. The maximum absolute atomic E-state index is 5.56. The molecule has 0 saturated carbocycles. The van der Waals surface area contributed by atoms with Crippen LogP contribution in [0, 0.1) is 12.8 Å². The highest BCUT2D eigenvalue weighted by Crippen LogP contribution is 2.10. The van der Waals surface area contributed by atoms with Gasteiger partial charge in [0.25, 0.3) is 0 Å². The second-order valence-electron chi connectivity index (χ2n) is 2.40. The molecule has 1 aliphatic rings. The molecular formula is C6H12NO. The van der Waals surface area contributed by atoms with E-state index in [0.29, 0.717) is 12.5 Å². The summed E-state index contributed by atoms with van der Waals surface area (Å²) in [5, 5.41) is 0. The van der Waals surface area contributed by atoms with E-state index in [2.05, 4.69) is 6.92 Å². The zero-order valence-corrected chi connectivity index (χ0v) is 4.97. The van der Waals surface area contributed by atoms with E-state index in [9.17, 15) is 0 Å². The van der Waals surface area contributed by atoms with Gasteiger partial charge in [-0.25, -0.2) is 0 Å². The van der Waals surface area contributed by atoms with Crippen molar-refractivity contribution < 1.29 is 4.74 Å². The minimum Gasteiger partial charge on any atom is -0.380 e. The molecule has 0 aromatic heterocycles. The van der Waals surface area contributed by atoms with E-state index in [-0.39, 0.29) is 6.04 Å². The molecule has 2 nitrogen and oxygen atoms in total. The highest BCUT2D eigenvalue weighted by Gasteiger charge is 2.14. The predicted molar refractivity (Wildman–Crippen MR) is 32.3 cm³/mol. The monoisotopic (exact) mass is 114 g/mol. The first-order valence-electron chi connectivity index (χ1n) is 2.95. The number of ether oxygens (including phenoxy) is 1. The van der Waals surface area contributed by atoms with E-state index in [1.165, 1.54) is 0 Å². The molecule has 1 radical (unpaired) electrons. The number of rotatable bonds is 0. The van der Waals surface area contributed by atoms with E-state index in [1.54, 1.807) is 0 Å². The highest BCUT2D eigenvalue weighted by atomic mass is 16.5. The van der Waals surface area contributed by atoms with Gasteiger partial charge in [0, 0.05) is 12.6 Å². The van der Waals surface area contributed by atoms with Gasteiger partial charge >= 0.3 is 0 Å². The highest BCUT2D eigenvalue weighted by molar-refractivity contribution is 4.73. The predicted octanol–water partition coefficient (Wildman–Crippen LogP) is 0.184. The third kappa shape index (κ3) is 1.46. The lowest BCUT2D eigenvalue weighted by Gasteiger charge is -2.23. The summed E-state index contributed by atoms with van der Waals surface area (Å²) in [6.45, 7) is 5.34. The molecule has 0 aromatic carbocycles. The van der Waals surface area contributed by atoms with Crippen LogP contribution in [0.3, 0.4) is 0 Å². The maximum Gasteiger partial charge on any atom is 0.0617 e. The van der Waals surface area contributed by atoms with Gasteiger partial charge in [0.15, 0.2) is 0 Å². The number of nitrogens with two attached hydrogens (primary N) is 1. The van der Waals surface area contributed by atoms with Crippen LogP contribution >= 0.6 is 0 Å². The quantitative estimate of drug-likeness (QED) is 0.487. The first-order valence-corrected chi connectivity index (χ1v) is 2.95. The molecule has 1 fully saturated rings. The van der Waals surface area contributed by atoms with Crippen LogP contribution in [0.15, 0.2) is 0 Å². The Kier molecular flexibility index (Phi) is 1.86. The molecular weight excluding hydrogens is 102 g/mol. The van der Waals surface area contributed by atoms with Crippen LogP contribution in [0.1, 0.15) is 6.42 Å². The third-order valence-corrected chi connectivity index (χ3v) is 1.32. The Bertz CT molecular complexity index is 66.9. The first kappa shape index (κ1) is 6.05. The smallest absolute Gasteiger partial charge is 0.0617 e. The Labute approximate surface area is 50.0 Å². The number of hydrogen-bond donors (Lipinski definition) is 1. The molecule has 2 atom stereocenters. The summed E-state index contributed by atoms with van der Waals surface area (Å²) in [6, 6.07) is 0.228. The van der Waals surface area contributed by atoms with Crippen LogP contribution in [-0.4, -0.2) is 19.3 Å². The van der Waals surface area contributed by atoms with Crippen molar-refractivity contribution >= 4 is 0 Å². The lowest BCUT2D eigenvalue weighted by Crippen LogP contribution is -2.34. The van der Waals surface area contributed by atoms with Crippen LogP contribution in [-0.2, 0) is 4.74 Å². The summed E-state index contributed by atoms with van der Waals surface area (Å²) in [6.07, 6.45) is 1.01. The van der Waals surface area contributed by atoms with E-state index in [4.69, 9.17) is 10.5 Å². The van der Waals surface area contributed by atoms with Crippen molar-refractivity contribution in [1.82, 2.24) is 0 Å². The van der Waals surface area contributed by atoms with Gasteiger partial charge in [-0.05, 0) is 19.3 Å². The molecule has 47 valence electrons. The zero-order valence-electron chi connectivity index (χ0n) is 4.97. The summed E-state index contributed by atoms with van der Waals surface area (Å²) in [4.78, 5) is 0. The Hall–Kier alpha value is -0.0800. The van der Waals surface area contributed by atoms with Gasteiger partial charge in [0.2, 0.25) is 0 Å². The fraction of sp³-hybridized carbons (Fsp3) is 0.833. The Morgan fingerprint density at radius 3 is 2.62 bits per heavy atom. The lowest BCUT2D eigenvalue weighted by atomic mass is 10.0. The van der Waals surface area contributed by atoms with Crippen LogP contribution in [0.5, 0.6) is 0 Å². The molecule has 8 heavy (non-hydrogen) atoms. The molecule has 0 spiro atoms. The van der Waals surface area contributed by atoms with E-state index < -0.39 is 0 Å². The van der Waals surface area contributed by atoms with Gasteiger partial charge in [0.05, 0.1) is 6.61 Å². The molecule has 1 saturated heterocycles. The third-order valence-electron chi connectivity index (χ3n) is 1.32. The first-order chi connectivity index (χ1) is 3.79. The maximum atomic E-state index is 5.56. The van der Waals surface area contributed by atoms with Crippen molar-refractivity contribution in [3.05, 3.63) is 6.92 Å². The van der Waals surface area contributed by atoms with E-state index >= 15 is 0 Å². The van der Waals surface area contributed by atoms with Gasteiger partial charge in [-0.1, -0.05) is 0 Å². The topological polar surface area (TPSA) is 35.2 Å². The minimum atomic E-state index is 0.228. The van der Waals surface area contributed by atoms with E-state index in [1.807, 2.05) is 0 Å². The fourth-order valence-corrected chi connectivity index (χ4v) is 0.950. The van der Waals surface area contributed by atoms with Crippen LogP contribution in [0.25, 0.3) is 0 Å². The van der Waals surface area contributed by atoms with Crippen molar-refractivity contribution in [3.8, 4) is 0 Å². The van der Waals surface area contributed by atoms with Crippen molar-refractivity contribution in [1.29, 1.82) is 0 Å². The SMILES string of the molecule is [CH2]C1COCC(N)C1. The van der Waals surface area contributed by atoms with Gasteiger partial charge in [-0.15, -0.1) is 0 Å². The van der Waals surface area contributed by atoms with Crippen LogP contribution < -0.4 is 5.73 Å². The van der Waals surface area contributed by atoms with Gasteiger partial charge < -0.3 is 10.5 Å². The van der Waals surface area contributed by atoms with Crippen molar-refractivity contribution in [3.63, 3.8) is 0 Å². The largest absolute Gasteiger partial charge is 0.380 e. The zero-order chi connectivity index (χ0) is 5.98. The summed E-state index contributed by atoms with van der Waals surface area (Å²) in [7, 11) is 0. The summed E-state index contributed by atoms with van der Waals surface area (Å²) in [5.74, 6) is 0.416. The second kappa shape index (κ2) is 2.46. The molecule has 0 amide bonds. The Morgan fingerprint density at radius 1 is 1.50 bits per heavy atom. The average Bonchev–Trinajstić information content (AvgIpc) is 1.64. The van der Waals surface area contributed by atoms with Gasteiger partial charge in [0.1, 0.15) is 0 Å². The molecule has 0 aromatic rings. The van der Waals surface area contributed by atoms with Crippen LogP contribution in [0.2, 0.25) is 0 Å². The molecule has 0 bridgehead atoms. The van der Waals surface area contributed by atoms with Gasteiger partial charge in [-0.2, -0.15) is 0 Å². The normalized spacial score (nSPS) is 39.8. The molecule has 1 aliphatic heterocycles. The molecule has 1 rings (SSSR count). The molecule has 2 N–H and O–H groups in total. The fourth-order valence-electron chi connectivity index (χ4n) is 0.950. The van der Waals surface area contributed by atoms with Gasteiger partial charge in [-0.3, -0.25) is 0 Å². The summed E-state index contributed by atoms with van der Waals surface area (Å²) < 4.78 is 5.11. The molecule has 1 heterocycles. The Morgan fingerprint density at radius 2 is 2.25 bits per heavy atom. The molecule has 2 heteroatoms. The molecule has 0 aliphatic carbocycles. The minimum absolute atomic E-state index is 0.228. The lowest BCUT2D eigenvalue weighted by molar-refractivity contribution is 0.0559. The number of hydrogen-bond acceptors (Lipinski definition) is 2. The van der Waals surface area contributed by atoms with Crippen molar-refractivity contribution in [2.75, 3.05) is 13.2 Å². The van der Waals surface area contributed by atoms with Crippen LogP contribution in [0.4, 0.5) is 0 Å². The Balaban J connectivity index is 2.23. The summed E-state index contributed by atoms with van der Waals surface area (Å²) >= 11 is 0. The van der Waals surface area contributed by atoms with E-state index in [0.717, 1.165) is 13.0 Å². The van der Waals surface area contributed by atoms with Crippen molar-refractivity contribution in [2.24, 2.45) is 11.7 Å². The summed E-state index contributed by atoms with van der Waals surface area (Å²) in [5.41, 5.74) is 5.56. The van der Waals surface area contributed by atoms with Crippen molar-refractivity contribution in [2.45, 2.75) is 12.5 Å².